The van der Waals surface area contributed by atoms with Crippen LogP contribution < -0.4 is 4.74 Å². The molecular formula is C21H28ClNO2. The van der Waals surface area contributed by atoms with Crippen molar-refractivity contribution in [2.45, 2.75) is 19.3 Å². The number of ether oxygens (including phenoxy) is 1. The Morgan fingerprint density at radius 2 is 1.76 bits per heavy atom. The van der Waals surface area contributed by atoms with Crippen molar-refractivity contribution in [3.05, 3.63) is 65.7 Å². The van der Waals surface area contributed by atoms with Crippen molar-refractivity contribution < 1.29 is 9.53 Å². The lowest BCUT2D eigenvalue weighted by Gasteiger charge is -2.28. The summed E-state index contributed by atoms with van der Waals surface area (Å²) >= 11 is 0. The fraction of sp³-hybridized carbons (Fsp3) is 0.381. The maximum absolute atomic E-state index is 13.2. The predicted molar refractivity (Wildman–Crippen MR) is 106 cm³/mol. The van der Waals surface area contributed by atoms with Crippen molar-refractivity contribution >= 4 is 18.2 Å². The van der Waals surface area contributed by atoms with Crippen LogP contribution >= 0.6 is 12.4 Å². The summed E-state index contributed by atoms with van der Waals surface area (Å²) in [5.41, 5.74) is 1.94. The Hall–Kier alpha value is -1.84. The average molecular weight is 362 g/mol. The zero-order valence-electron chi connectivity index (χ0n) is 15.4. The minimum absolute atomic E-state index is 0. The van der Waals surface area contributed by atoms with Gasteiger partial charge in [0.25, 0.3) is 0 Å². The van der Waals surface area contributed by atoms with E-state index in [2.05, 4.69) is 24.0 Å². The van der Waals surface area contributed by atoms with Gasteiger partial charge in [-0.05, 0) is 44.1 Å². The highest BCUT2D eigenvalue weighted by molar-refractivity contribution is 5.99. The number of Topliss-reactive ketones (excluding diaryl/α,β-unsaturated/α-hetero) is 1. The number of carbonyl (C=O) groups excluding carboxylic acids is 1. The van der Waals surface area contributed by atoms with Gasteiger partial charge in [0.1, 0.15) is 5.75 Å². The van der Waals surface area contributed by atoms with E-state index < -0.39 is 0 Å². The Morgan fingerprint density at radius 3 is 2.32 bits per heavy atom. The second-order valence-electron chi connectivity index (χ2n) is 6.39. The molecule has 3 nitrogen and oxygen atoms in total. The fourth-order valence-electron chi connectivity index (χ4n) is 3.23. The van der Waals surface area contributed by atoms with Crippen LogP contribution in [0.5, 0.6) is 5.75 Å². The lowest BCUT2D eigenvalue weighted by atomic mass is 9.79. The number of halogens is 1. The molecule has 0 saturated heterocycles. The summed E-state index contributed by atoms with van der Waals surface area (Å²) in [5.74, 6) is 1.02. The third-order valence-electron chi connectivity index (χ3n) is 4.41. The van der Waals surface area contributed by atoms with E-state index in [1.807, 2.05) is 56.6 Å². The number of hydrogen-bond acceptors (Lipinski definition) is 3. The van der Waals surface area contributed by atoms with Crippen LogP contribution in [0, 0.1) is 5.92 Å². The van der Waals surface area contributed by atoms with Crippen molar-refractivity contribution in [2.24, 2.45) is 5.92 Å². The van der Waals surface area contributed by atoms with Gasteiger partial charge in [0, 0.05) is 18.0 Å². The first kappa shape index (κ1) is 21.2. The zero-order valence-corrected chi connectivity index (χ0v) is 16.3. The average Bonchev–Trinajstić information content (AvgIpc) is 2.61. The van der Waals surface area contributed by atoms with Gasteiger partial charge in [-0.25, -0.2) is 0 Å². The molecule has 0 aliphatic carbocycles. The van der Waals surface area contributed by atoms with E-state index in [0.717, 1.165) is 24.3 Å². The molecule has 0 aliphatic heterocycles. The molecule has 0 unspecified atom stereocenters. The maximum atomic E-state index is 13.2. The van der Waals surface area contributed by atoms with Gasteiger partial charge < -0.3 is 9.64 Å². The lowest BCUT2D eigenvalue weighted by molar-refractivity contribution is 0.0870. The molecule has 0 spiro atoms. The Bertz CT molecular complexity index is 658. The minimum atomic E-state index is -0.0838. The number of methoxy groups -OCH3 is 1. The van der Waals surface area contributed by atoms with Crippen LogP contribution in [-0.4, -0.2) is 38.4 Å². The van der Waals surface area contributed by atoms with E-state index in [1.54, 1.807) is 7.11 Å². The van der Waals surface area contributed by atoms with Crippen molar-refractivity contribution in [1.82, 2.24) is 4.90 Å². The van der Waals surface area contributed by atoms with Gasteiger partial charge in [0.05, 0.1) is 7.11 Å². The second-order valence-corrected chi connectivity index (χ2v) is 6.39. The molecule has 2 aromatic rings. The summed E-state index contributed by atoms with van der Waals surface area (Å²) in [6.45, 7) is 2.88. The molecule has 0 aromatic heterocycles. The summed E-state index contributed by atoms with van der Waals surface area (Å²) < 4.78 is 5.27. The van der Waals surface area contributed by atoms with E-state index >= 15 is 0 Å². The molecule has 2 rings (SSSR count). The topological polar surface area (TPSA) is 29.5 Å². The minimum Gasteiger partial charge on any atom is -0.497 e. The molecular weight excluding hydrogens is 334 g/mol. The van der Waals surface area contributed by atoms with Crippen LogP contribution in [0.1, 0.15) is 35.2 Å². The van der Waals surface area contributed by atoms with Crippen molar-refractivity contribution in [1.29, 1.82) is 0 Å². The van der Waals surface area contributed by atoms with Crippen LogP contribution in [0.15, 0.2) is 54.6 Å². The van der Waals surface area contributed by atoms with Gasteiger partial charge in [0.15, 0.2) is 5.78 Å². The van der Waals surface area contributed by atoms with Crippen LogP contribution in [0.3, 0.4) is 0 Å². The third-order valence-corrected chi connectivity index (χ3v) is 4.41. The van der Waals surface area contributed by atoms with Gasteiger partial charge in [-0.2, -0.15) is 0 Å². The van der Waals surface area contributed by atoms with Crippen LogP contribution in [0.25, 0.3) is 0 Å². The number of rotatable bonds is 8. The monoisotopic (exact) mass is 361 g/mol. The maximum Gasteiger partial charge on any atom is 0.167 e. The first-order valence-corrected chi connectivity index (χ1v) is 8.44. The second kappa shape index (κ2) is 10.2. The number of nitrogens with zero attached hydrogens (tertiary/aromatic N) is 1. The Labute approximate surface area is 157 Å². The predicted octanol–water partition coefficient (Wildman–Crippen LogP) is 4.67. The number of benzene rings is 2. The van der Waals surface area contributed by atoms with Crippen LogP contribution in [-0.2, 0) is 0 Å². The highest BCUT2D eigenvalue weighted by Crippen LogP contribution is 2.31. The highest BCUT2D eigenvalue weighted by atomic mass is 35.5. The lowest BCUT2D eigenvalue weighted by Crippen LogP contribution is -2.32. The summed E-state index contributed by atoms with van der Waals surface area (Å²) in [4.78, 5) is 15.3. The quantitative estimate of drug-likeness (QED) is 0.640. The zero-order chi connectivity index (χ0) is 17.5. The van der Waals surface area contributed by atoms with Gasteiger partial charge in [-0.15, -0.1) is 12.4 Å². The molecule has 0 saturated carbocycles. The molecule has 0 heterocycles. The van der Waals surface area contributed by atoms with Gasteiger partial charge in [-0.3, -0.25) is 4.79 Å². The normalized spacial score (nSPS) is 13.0. The molecule has 0 bridgehead atoms. The molecule has 0 aliphatic rings. The number of ketones is 1. The summed E-state index contributed by atoms with van der Waals surface area (Å²) in [6.07, 6.45) is 0.929. The van der Waals surface area contributed by atoms with Crippen molar-refractivity contribution in [3.8, 4) is 5.75 Å². The molecule has 25 heavy (non-hydrogen) atoms. The summed E-state index contributed by atoms with van der Waals surface area (Å²) in [5, 5.41) is 0. The molecule has 0 amide bonds. The van der Waals surface area contributed by atoms with E-state index in [0.29, 0.717) is 0 Å². The molecule has 0 fully saturated rings. The van der Waals surface area contributed by atoms with Gasteiger partial charge >= 0.3 is 0 Å². The molecule has 136 valence electrons. The molecule has 4 heteroatoms. The fourth-order valence-corrected chi connectivity index (χ4v) is 3.23. The first-order valence-electron chi connectivity index (χ1n) is 8.44. The Kier molecular flexibility index (Phi) is 8.67. The van der Waals surface area contributed by atoms with Gasteiger partial charge in [0.2, 0.25) is 0 Å². The van der Waals surface area contributed by atoms with E-state index in [1.165, 1.54) is 5.56 Å². The number of hydrogen-bond donors (Lipinski definition) is 0. The Morgan fingerprint density at radius 1 is 1.08 bits per heavy atom. The first-order chi connectivity index (χ1) is 11.6. The molecule has 0 radical (unpaired) electrons. The number of carbonyl (C=O) groups is 1. The van der Waals surface area contributed by atoms with Crippen molar-refractivity contribution in [2.75, 3.05) is 27.7 Å². The summed E-state index contributed by atoms with van der Waals surface area (Å²) in [7, 11) is 5.66. The standard InChI is InChI=1S/C21H27NO2.ClH/c1-5-19(16-10-7-6-8-11-16)20(15-22(2)3)21(23)17-12-9-13-18(14-17)24-4;/h6-14,19-20H,5,15H2,1-4H3;1H/t19-,20-;/m1./s1. The summed E-state index contributed by atoms with van der Waals surface area (Å²) in [6, 6.07) is 17.8. The Balaban J connectivity index is 0.00000312. The molecule has 2 atom stereocenters. The largest absolute Gasteiger partial charge is 0.497 e. The van der Waals surface area contributed by atoms with E-state index in [-0.39, 0.29) is 30.0 Å². The SMILES string of the molecule is CC[C@H](c1ccccc1)[C@@H](CN(C)C)C(=O)c1cccc(OC)c1.Cl. The highest BCUT2D eigenvalue weighted by Gasteiger charge is 2.29. The van der Waals surface area contributed by atoms with E-state index in [4.69, 9.17) is 4.74 Å². The van der Waals surface area contributed by atoms with Crippen LogP contribution in [0.2, 0.25) is 0 Å². The van der Waals surface area contributed by atoms with E-state index in [9.17, 15) is 4.79 Å². The smallest absolute Gasteiger partial charge is 0.167 e. The van der Waals surface area contributed by atoms with Crippen LogP contribution in [0.4, 0.5) is 0 Å². The third kappa shape index (κ3) is 5.58. The molecule has 2 aromatic carbocycles. The molecule has 0 N–H and O–H groups in total. The van der Waals surface area contributed by atoms with Gasteiger partial charge in [-0.1, -0.05) is 49.4 Å². The van der Waals surface area contributed by atoms with Crippen molar-refractivity contribution in [3.63, 3.8) is 0 Å².